The molecule has 0 atom stereocenters. The fourth-order valence-electron chi connectivity index (χ4n) is 1.85. The molecule has 0 amide bonds. The van der Waals surface area contributed by atoms with E-state index in [1.165, 1.54) is 7.11 Å². The number of carbonyl (C=O) groups excluding carboxylic acids is 1. The van der Waals surface area contributed by atoms with E-state index in [2.05, 4.69) is 10.8 Å². The van der Waals surface area contributed by atoms with Gasteiger partial charge in [0.1, 0.15) is 0 Å². The highest BCUT2D eigenvalue weighted by Gasteiger charge is 2.14. The van der Waals surface area contributed by atoms with E-state index in [1.807, 2.05) is 13.0 Å². The summed E-state index contributed by atoms with van der Waals surface area (Å²) in [6, 6.07) is 5.71. The van der Waals surface area contributed by atoms with Gasteiger partial charge in [-0.25, -0.2) is 0 Å². The number of nitriles is 1. The molecule has 4 heteroatoms. The Bertz CT molecular complexity index is 461. The van der Waals surface area contributed by atoms with Gasteiger partial charge in [0.25, 0.3) is 0 Å². The molecule has 0 saturated carbocycles. The number of esters is 1. The van der Waals surface area contributed by atoms with Crippen molar-refractivity contribution in [3.05, 3.63) is 34.4 Å². The molecule has 0 spiro atoms. The van der Waals surface area contributed by atoms with Crippen LogP contribution in [0.25, 0.3) is 0 Å². The molecule has 0 aliphatic heterocycles. The number of methoxy groups -OCH3 is 1. The van der Waals surface area contributed by atoms with Crippen molar-refractivity contribution in [2.75, 3.05) is 7.11 Å². The minimum Gasteiger partial charge on any atom is -0.469 e. The Morgan fingerprint density at radius 3 is 2.65 bits per heavy atom. The van der Waals surface area contributed by atoms with Crippen LogP contribution in [0.4, 0.5) is 0 Å². The molecule has 0 saturated heterocycles. The van der Waals surface area contributed by atoms with Gasteiger partial charge in [-0.05, 0) is 29.2 Å². The first-order valence-electron chi connectivity index (χ1n) is 5.48. The van der Waals surface area contributed by atoms with Gasteiger partial charge in [0.05, 0.1) is 25.2 Å². The van der Waals surface area contributed by atoms with E-state index in [4.69, 9.17) is 11.0 Å². The summed E-state index contributed by atoms with van der Waals surface area (Å²) in [4.78, 5) is 11.3. The summed E-state index contributed by atoms with van der Waals surface area (Å²) in [6.45, 7) is 2.34. The Hall–Kier alpha value is -1.86. The van der Waals surface area contributed by atoms with E-state index in [9.17, 15) is 4.79 Å². The largest absolute Gasteiger partial charge is 0.469 e. The van der Waals surface area contributed by atoms with Crippen molar-refractivity contribution in [1.29, 1.82) is 5.26 Å². The van der Waals surface area contributed by atoms with E-state index in [0.29, 0.717) is 17.7 Å². The van der Waals surface area contributed by atoms with Crippen molar-refractivity contribution in [3.8, 4) is 6.07 Å². The molecule has 1 rings (SSSR count). The molecule has 0 aliphatic rings. The molecule has 0 aromatic heterocycles. The predicted octanol–water partition coefficient (Wildman–Crippen LogP) is 1.29. The third-order valence-electron chi connectivity index (χ3n) is 2.78. The monoisotopic (exact) mass is 232 g/mol. The van der Waals surface area contributed by atoms with Crippen LogP contribution in [0.1, 0.15) is 29.2 Å². The standard InChI is InChI=1S/C13H16N2O2/c1-3-9-4-5-10(7-14)11(12(9)8-15)6-13(16)17-2/h4-5H,3,6,8,15H2,1-2H3. The Morgan fingerprint density at radius 2 is 2.18 bits per heavy atom. The third-order valence-corrected chi connectivity index (χ3v) is 2.78. The Balaban J connectivity index is 3.31. The van der Waals surface area contributed by atoms with Crippen LogP contribution in [-0.2, 0) is 28.9 Å². The van der Waals surface area contributed by atoms with Gasteiger partial charge < -0.3 is 10.5 Å². The second-order valence-electron chi connectivity index (χ2n) is 3.65. The van der Waals surface area contributed by atoms with Crippen LogP contribution in [0.3, 0.4) is 0 Å². The second kappa shape index (κ2) is 6.02. The van der Waals surface area contributed by atoms with Crippen molar-refractivity contribution in [2.24, 2.45) is 5.73 Å². The van der Waals surface area contributed by atoms with E-state index in [0.717, 1.165) is 17.5 Å². The zero-order valence-corrected chi connectivity index (χ0v) is 10.1. The minimum atomic E-state index is -0.357. The SMILES string of the molecule is CCc1ccc(C#N)c(CC(=O)OC)c1CN. The highest BCUT2D eigenvalue weighted by atomic mass is 16.5. The molecule has 0 heterocycles. The van der Waals surface area contributed by atoms with E-state index in [1.54, 1.807) is 6.07 Å². The number of rotatable bonds is 4. The lowest BCUT2D eigenvalue weighted by Gasteiger charge is -2.13. The number of hydrogen-bond donors (Lipinski definition) is 1. The molecule has 0 aliphatic carbocycles. The maximum Gasteiger partial charge on any atom is 0.310 e. The average molecular weight is 232 g/mol. The van der Waals surface area contributed by atoms with Gasteiger partial charge in [-0.15, -0.1) is 0 Å². The zero-order chi connectivity index (χ0) is 12.8. The first-order chi connectivity index (χ1) is 8.17. The van der Waals surface area contributed by atoms with Crippen LogP contribution >= 0.6 is 0 Å². The molecule has 17 heavy (non-hydrogen) atoms. The number of aryl methyl sites for hydroxylation is 1. The molecular formula is C13H16N2O2. The van der Waals surface area contributed by atoms with Gasteiger partial charge in [-0.2, -0.15) is 5.26 Å². The molecule has 0 bridgehead atoms. The smallest absolute Gasteiger partial charge is 0.310 e. The van der Waals surface area contributed by atoms with Crippen molar-refractivity contribution >= 4 is 5.97 Å². The number of carbonyl (C=O) groups is 1. The molecule has 90 valence electrons. The maximum atomic E-state index is 11.3. The summed E-state index contributed by atoms with van der Waals surface area (Å²) in [7, 11) is 1.33. The fourth-order valence-corrected chi connectivity index (χ4v) is 1.85. The average Bonchev–Trinajstić information content (AvgIpc) is 2.37. The predicted molar refractivity (Wildman–Crippen MR) is 64.1 cm³/mol. The summed E-state index contributed by atoms with van der Waals surface area (Å²) in [6.07, 6.45) is 0.923. The van der Waals surface area contributed by atoms with E-state index >= 15 is 0 Å². The molecule has 0 unspecified atom stereocenters. The van der Waals surface area contributed by atoms with Crippen molar-refractivity contribution in [1.82, 2.24) is 0 Å². The lowest BCUT2D eigenvalue weighted by molar-refractivity contribution is -0.139. The van der Waals surface area contributed by atoms with Gasteiger partial charge in [0.2, 0.25) is 0 Å². The number of nitrogens with two attached hydrogens (primary N) is 1. The first kappa shape index (κ1) is 13.2. The van der Waals surface area contributed by atoms with Crippen LogP contribution in [0.2, 0.25) is 0 Å². The van der Waals surface area contributed by atoms with Crippen LogP contribution in [0.5, 0.6) is 0 Å². The minimum absolute atomic E-state index is 0.0970. The Kier molecular flexibility index (Phi) is 4.68. The van der Waals surface area contributed by atoms with Crippen molar-refractivity contribution in [3.63, 3.8) is 0 Å². The normalized spacial score (nSPS) is 9.76. The van der Waals surface area contributed by atoms with Crippen molar-refractivity contribution < 1.29 is 9.53 Å². The summed E-state index contributed by atoms with van der Waals surface area (Å²) in [5.74, 6) is -0.357. The van der Waals surface area contributed by atoms with Gasteiger partial charge in [0, 0.05) is 6.54 Å². The number of nitrogens with zero attached hydrogens (tertiary/aromatic N) is 1. The highest BCUT2D eigenvalue weighted by molar-refractivity contribution is 5.74. The number of benzene rings is 1. The lowest BCUT2D eigenvalue weighted by Crippen LogP contribution is -2.13. The summed E-state index contributed by atoms with van der Waals surface area (Å²) in [5.41, 5.74) is 8.86. The fraction of sp³-hybridized carbons (Fsp3) is 0.385. The number of hydrogen-bond acceptors (Lipinski definition) is 4. The van der Waals surface area contributed by atoms with Crippen LogP contribution in [-0.4, -0.2) is 13.1 Å². The van der Waals surface area contributed by atoms with Crippen LogP contribution < -0.4 is 5.73 Å². The van der Waals surface area contributed by atoms with E-state index < -0.39 is 0 Å². The summed E-state index contributed by atoms with van der Waals surface area (Å²) < 4.78 is 4.64. The summed E-state index contributed by atoms with van der Waals surface area (Å²) in [5, 5.41) is 9.04. The molecule has 2 N–H and O–H groups in total. The van der Waals surface area contributed by atoms with Gasteiger partial charge in [-0.1, -0.05) is 13.0 Å². The molecule has 0 radical (unpaired) electrons. The Morgan fingerprint density at radius 1 is 1.47 bits per heavy atom. The van der Waals surface area contributed by atoms with Gasteiger partial charge in [0.15, 0.2) is 0 Å². The molecule has 1 aromatic carbocycles. The maximum absolute atomic E-state index is 11.3. The lowest BCUT2D eigenvalue weighted by atomic mass is 9.93. The third kappa shape index (κ3) is 2.83. The van der Waals surface area contributed by atoms with Crippen LogP contribution in [0, 0.1) is 11.3 Å². The van der Waals surface area contributed by atoms with E-state index in [-0.39, 0.29) is 12.4 Å². The quantitative estimate of drug-likeness (QED) is 0.794. The molecule has 1 aromatic rings. The second-order valence-corrected chi connectivity index (χ2v) is 3.65. The van der Waals surface area contributed by atoms with Gasteiger partial charge >= 0.3 is 5.97 Å². The summed E-state index contributed by atoms with van der Waals surface area (Å²) >= 11 is 0. The molecule has 0 fully saturated rings. The number of ether oxygens (including phenoxy) is 1. The zero-order valence-electron chi connectivity index (χ0n) is 10.1. The van der Waals surface area contributed by atoms with Crippen molar-refractivity contribution in [2.45, 2.75) is 26.3 Å². The highest BCUT2D eigenvalue weighted by Crippen LogP contribution is 2.20. The van der Waals surface area contributed by atoms with Gasteiger partial charge in [-0.3, -0.25) is 4.79 Å². The molecular weight excluding hydrogens is 216 g/mol. The topological polar surface area (TPSA) is 76.1 Å². The first-order valence-corrected chi connectivity index (χ1v) is 5.48. The van der Waals surface area contributed by atoms with Crippen LogP contribution in [0.15, 0.2) is 12.1 Å². The Labute approximate surface area is 101 Å². The molecule has 4 nitrogen and oxygen atoms in total.